The number of aliphatic carboxylic acids is 1. The van der Waals surface area contributed by atoms with Crippen LogP contribution in [-0.2, 0) is 15.0 Å². The van der Waals surface area contributed by atoms with E-state index >= 15 is 0 Å². The van der Waals surface area contributed by atoms with Crippen molar-refractivity contribution < 1.29 is 19.5 Å². The maximum Gasteiger partial charge on any atom is 0.313 e. The highest BCUT2D eigenvalue weighted by Gasteiger charge is 2.29. The second kappa shape index (κ2) is 7.23. The number of nitrogens with one attached hydrogen (secondary N) is 1. The zero-order valence-corrected chi connectivity index (χ0v) is 15.4. The quantitative estimate of drug-likeness (QED) is 0.849. The lowest BCUT2D eigenvalue weighted by molar-refractivity contribution is -0.142. The predicted octanol–water partition coefficient (Wildman–Crippen LogP) is 3.43. The van der Waals surface area contributed by atoms with Gasteiger partial charge in [0.2, 0.25) is 5.91 Å². The molecule has 2 aromatic rings. The molecule has 0 atom stereocenters. The van der Waals surface area contributed by atoms with Gasteiger partial charge in [-0.3, -0.25) is 14.4 Å². The molecule has 0 aromatic heterocycles. The molecule has 6 nitrogen and oxygen atoms in total. The Balaban J connectivity index is 1.68. The molecule has 2 N–H and O–H groups in total. The van der Waals surface area contributed by atoms with Gasteiger partial charge in [-0.15, -0.1) is 0 Å². The van der Waals surface area contributed by atoms with Gasteiger partial charge < -0.3 is 15.3 Å². The Morgan fingerprint density at radius 1 is 1.04 bits per heavy atom. The number of nitrogens with zero attached hydrogens (tertiary/aromatic N) is 1. The molecule has 2 aromatic carbocycles. The number of benzene rings is 2. The lowest BCUT2D eigenvalue weighted by atomic mass is 9.85. The summed E-state index contributed by atoms with van der Waals surface area (Å²) in [6, 6.07) is 13.7. The number of carbonyl (C=O) groups is 3. The molecule has 1 aliphatic rings. The fourth-order valence-electron chi connectivity index (χ4n) is 3.01. The van der Waals surface area contributed by atoms with Gasteiger partial charge in [-0.2, -0.15) is 0 Å². The van der Waals surface area contributed by atoms with Crippen LogP contribution in [0.5, 0.6) is 0 Å². The van der Waals surface area contributed by atoms with Crippen molar-refractivity contribution in [3.05, 3.63) is 59.7 Å². The van der Waals surface area contributed by atoms with Gasteiger partial charge in [-0.25, -0.2) is 0 Å². The Morgan fingerprint density at radius 3 is 2.19 bits per heavy atom. The summed E-state index contributed by atoms with van der Waals surface area (Å²) in [6.45, 7) is 3.98. The SMILES string of the molecule is CC(C)(C(=O)O)c1ccc(NC(=O)c2ccc(N3CCCC3=O)cc2)cc1. The Hall–Kier alpha value is -3.15. The highest BCUT2D eigenvalue weighted by atomic mass is 16.4. The van der Waals surface area contributed by atoms with Crippen LogP contribution in [0.3, 0.4) is 0 Å². The zero-order chi connectivity index (χ0) is 19.6. The average molecular weight is 366 g/mol. The molecule has 2 amide bonds. The second-order valence-electron chi connectivity index (χ2n) is 7.16. The monoisotopic (exact) mass is 366 g/mol. The highest BCUT2D eigenvalue weighted by Crippen LogP contribution is 2.25. The van der Waals surface area contributed by atoms with Gasteiger partial charge in [0.05, 0.1) is 5.41 Å². The average Bonchev–Trinajstić information content (AvgIpc) is 3.08. The van der Waals surface area contributed by atoms with E-state index in [2.05, 4.69) is 5.32 Å². The minimum Gasteiger partial charge on any atom is -0.481 e. The third kappa shape index (κ3) is 3.84. The van der Waals surface area contributed by atoms with Crippen LogP contribution in [0.15, 0.2) is 48.5 Å². The van der Waals surface area contributed by atoms with Crippen LogP contribution < -0.4 is 10.2 Å². The summed E-state index contributed by atoms with van der Waals surface area (Å²) in [6.07, 6.45) is 1.42. The van der Waals surface area contributed by atoms with Gasteiger partial charge in [-0.1, -0.05) is 12.1 Å². The third-order valence-corrected chi connectivity index (χ3v) is 4.91. The van der Waals surface area contributed by atoms with E-state index < -0.39 is 11.4 Å². The zero-order valence-electron chi connectivity index (χ0n) is 15.4. The number of amides is 2. The number of carbonyl (C=O) groups excluding carboxylic acids is 2. The van der Waals surface area contributed by atoms with E-state index in [1.54, 1.807) is 67.3 Å². The lowest BCUT2D eigenvalue weighted by Crippen LogP contribution is -2.28. The molecular formula is C21H22N2O4. The number of anilines is 2. The van der Waals surface area contributed by atoms with Gasteiger partial charge in [0.15, 0.2) is 0 Å². The summed E-state index contributed by atoms with van der Waals surface area (Å²) in [5.74, 6) is -1.06. The number of hydrogen-bond acceptors (Lipinski definition) is 3. The minimum atomic E-state index is -0.995. The van der Waals surface area contributed by atoms with Crippen molar-refractivity contribution in [1.82, 2.24) is 0 Å². The van der Waals surface area contributed by atoms with Crippen LogP contribution in [0.2, 0.25) is 0 Å². The summed E-state index contributed by atoms with van der Waals surface area (Å²) in [7, 11) is 0. The van der Waals surface area contributed by atoms with Crippen molar-refractivity contribution in [2.45, 2.75) is 32.1 Å². The minimum absolute atomic E-state index is 0.108. The molecule has 0 saturated carbocycles. The van der Waals surface area contributed by atoms with Crippen molar-refractivity contribution in [2.24, 2.45) is 0 Å². The first-order valence-electron chi connectivity index (χ1n) is 8.85. The van der Waals surface area contributed by atoms with Crippen LogP contribution in [0, 0.1) is 0 Å². The first-order chi connectivity index (χ1) is 12.8. The topological polar surface area (TPSA) is 86.7 Å². The van der Waals surface area contributed by atoms with Crippen LogP contribution in [0.4, 0.5) is 11.4 Å². The molecule has 0 aliphatic carbocycles. The van der Waals surface area contributed by atoms with Crippen molar-refractivity contribution >= 4 is 29.2 Å². The molecule has 1 heterocycles. The summed E-state index contributed by atoms with van der Waals surface area (Å²) in [4.78, 5) is 37.2. The molecule has 6 heteroatoms. The maximum atomic E-state index is 12.4. The molecule has 1 saturated heterocycles. The van der Waals surface area contributed by atoms with Gasteiger partial charge >= 0.3 is 5.97 Å². The molecule has 0 unspecified atom stereocenters. The lowest BCUT2D eigenvalue weighted by Gasteiger charge is -2.20. The summed E-state index contributed by atoms with van der Waals surface area (Å²) >= 11 is 0. The van der Waals surface area contributed by atoms with E-state index in [-0.39, 0.29) is 11.8 Å². The smallest absolute Gasteiger partial charge is 0.313 e. The Kier molecular flexibility index (Phi) is 4.99. The molecule has 27 heavy (non-hydrogen) atoms. The van der Waals surface area contributed by atoms with E-state index in [1.807, 2.05) is 0 Å². The predicted molar refractivity (Wildman–Crippen MR) is 103 cm³/mol. The van der Waals surface area contributed by atoms with Crippen molar-refractivity contribution in [3.8, 4) is 0 Å². The van der Waals surface area contributed by atoms with Gasteiger partial charge in [0.1, 0.15) is 0 Å². The van der Waals surface area contributed by atoms with Crippen LogP contribution in [-0.4, -0.2) is 29.4 Å². The molecule has 0 radical (unpaired) electrons. The molecule has 140 valence electrons. The molecule has 1 fully saturated rings. The first kappa shape index (κ1) is 18.6. The van der Waals surface area contributed by atoms with Crippen molar-refractivity contribution in [3.63, 3.8) is 0 Å². The number of hydrogen-bond donors (Lipinski definition) is 2. The molecule has 0 spiro atoms. The van der Waals surface area contributed by atoms with Crippen LogP contribution >= 0.6 is 0 Å². The maximum absolute atomic E-state index is 12.4. The fourth-order valence-corrected chi connectivity index (χ4v) is 3.01. The normalized spacial score (nSPS) is 14.3. The highest BCUT2D eigenvalue weighted by molar-refractivity contribution is 6.05. The largest absolute Gasteiger partial charge is 0.481 e. The van der Waals surface area contributed by atoms with Gasteiger partial charge in [0.25, 0.3) is 5.91 Å². The van der Waals surface area contributed by atoms with Crippen LogP contribution in [0.1, 0.15) is 42.6 Å². The Morgan fingerprint density at radius 2 is 1.67 bits per heavy atom. The van der Waals surface area contributed by atoms with Crippen LogP contribution in [0.25, 0.3) is 0 Å². The number of carboxylic acids is 1. The standard InChI is InChI=1S/C21H22N2O4/c1-21(2,20(26)27)15-7-9-16(10-8-15)22-19(25)14-5-11-17(12-6-14)23-13-3-4-18(23)24/h5-12H,3-4,13H2,1-2H3,(H,22,25)(H,26,27). The number of rotatable bonds is 5. The summed E-state index contributed by atoms with van der Waals surface area (Å²) in [5.41, 5.74) is 1.54. The molecule has 0 bridgehead atoms. The molecular weight excluding hydrogens is 344 g/mol. The van der Waals surface area contributed by atoms with Gasteiger partial charge in [0, 0.05) is 29.9 Å². The Labute approximate surface area is 157 Å². The van der Waals surface area contributed by atoms with Gasteiger partial charge in [-0.05, 0) is 62.2 Å². The Bertz CT molecular complexity index is 870. The van der Waals surface area contributed by atoms with E-state index in [4.69, 9.17) is 0 Å². The van der Waals surface area contributed by atoms with E-state index in [0.717, 1.165) is 12.1 Å². The first-order valence-corrected chi connectivity index (χ1v) is 8.85. The van der Waals surface area contributed by atoms with E-state index in [9.17, 15) is 19.5 Å². The third-order valence-electron chi connectivity index (χ3n) is 4.91. The van der Waals surface area contributed by atoms with E-state index in [1.165, 1.54) is 0 Å². The number of carboxylic acid groups (broad SMARTS) is 1. The van der Waals surface area contributed by atoms with Crippen molar-refractivity contribution in [1.29, 1.82) is 0 Å². The molecule has 3 rings (SSSR count). The molecule has 1 aliphatic heterocycles. The van der Waals surface area contributed by atoms with E-state index in [0.29, 0.717) is 29.8 Å². The summed E-state index contributed by atoms with van der Waals surface area (Å²) < 4.78 is 0. The second-order valence-corrected chi connectivity index (χ2v) is 7.16. The fraction of sp³-hybridized carbons (Fsp3) is 0.286. The summed E-state index contributed by atoms with van der Waals surface area (Å²) in [5, 5.41) is 12.1. The van der Waals surface area contributed by atoms with Crippen molar-refractivity contribution in [2.75, 3.05) is 16.8 Å².